The third-order valence-electron chi connectivity index (χ3n) is 2.87. The normalized spacial score (nSPS) is 11.3. The van der Waals surface area contributed by atoms with Crippen molar-refractivity contribution < 1.29 is 9.59 Å². The highest BCUT2D eigenvalue weighted by Crippen LogP contribution is 2.15. The Labute approximate surface area is 131 Å². The number of nitrogens with one attached hydrogen (secondary N) is 1. The maximum atomic E-state index is 12.1. The quantitative estimate of drug-likeness (QED) is 0.821. The van der Waals surface area contributed by atoms with Gasteiger partial charge in [-0.25, -0.2) is 9.10 Å². The number of hydrogen-bond donors (Lipinski definition) is 2. The molecule has 6 heteroatoms. The van der Waals surface area contributed by atoms with Crippen molar-refractivity contribution >= 4 is 24.8 Å². The van der Waals surface area contributed by atoms with E-state index in [1.54, 1.807) is 24.3 Å². The highest BCUT2D eigenvalue weighted by atomic mass is 32.1. The Morgan fingerprint density at radius 2 is 1.76 bits per heavy atom. The minimum atomic E-state index is -0.515. The molecule has 0 heterocycles. The topological polar surface area (TPSA) is 52.7 Å². The van der Waals surface area contributed by atoms with Crippen LogP contribution in [0.3, 0.4) is 0 Å². The number of imide groups is 1. The molecule has 0 aliphatic carbocycles. The van der Waals surface area contributed by atoms with Gasteiger partial charge in [0.25, 0.3) is 5.91 Å². The van der Waals surface area contributed by atoms with Gasteiger partial charge >= 0.3 is 6.03 Å². The van der Waals surface area contributed by atoms with E-state index < -0.39 is 11.9 Å². The zero-order valence-corrected chi connectivity index (χ0v) is 13.9. The van der Waals surface area contributed by atoms with Crippen molar-refractivity contribution in [3.05, 3.63) is 35.9 Å². The predicted octanol–water partition coefficient (Wildman–Crippen LogP) is 2.27. The van der Waals surface area contributed by atoms with Crippen LogP contribution in [-0.4, -0.2) is 48.3 Å². The molecule has 0 radical (unpaired) electrons. The SMILES string of the molecule is CN(C)CC(C)(C)CNC(=O)N(S)C(=O)c1ccccc1. The molecule has 0 aromatic heterocycles. The van der Waals surface area contributed by atoms with Gasteiger partial charge in [-0.05, 0) is 31.6 Å². The van der Waals surface area contributed by atoms with E-state index in [0.29, 0.717) is 12.1 Å². The summed E-state index contributed by atoms with van der Waals surface area (Å²) in [6, 6.07) is 8.08. The van der Waals surface area contributed by atoms with Gasteiger partial charge in [-0.3, -0.25) is 4.79 Å². The molecule has 1 aromatic rings. The third-order valence-corrected chi connectivity index (χ3v) is 3.23. The second kappa shape index (κ2) is 7.47. The maximum Gasteiger partial charge on any atom is 0.334 e. The molecule has 0 fully saturated rings. The van der Waals surface area contributed by atoms with E-state index in [1.165, 1.54) is 0 Å². The molecular weight excluding hydrogens is 286 g/mol. The summed E-state index contributed by atoms with van der Waals surface area (Å²) >= 11 is 3.99. The molecule has 1 rings (SSSR count). The van der Waals surface area contributed by atoms with Crippen molar-refractivity contribution in [3.63, 3.8) is 0 Å². The number of hydrogen-bond acceptors (Lipinski definition) is 4. The van der Waals surface area contributed by atoms with Crippen LogP contribution in [0.1, 0.15) is 24.2 Å². The molecule has 1 aromatic carbocycles. The van der Waals surface area contributed by atoms with E-state index in [1.807, 2.05) is 20.2 Å². The van der Waals surface area contributed by atoms with Crippen LogP contribution in [-0.2, 0) is 0 Å². The fraction of sp³-hybridized carbons (Fsp3) is 0.467. The Bertz CT molecular complexity index is 489. The summed E-state index contributed by atoms with van der Waals surface area (Å²) in [7, 11) is 3.96. The van der Waals surface area contributed by atoms with Crippen molar-refractivity contribution in [2.75, 3.05) is 27.2 Å². The first-order chi connectivity index (χ1) is 9.73. The molecule has 0 bridgehead atoms. The fourth-order valence-electron chi connectivity index (χ4n) is 2.10. The van der Waals surface area contributed by atoms with Crippen molar-refractivity contribution in [1.29, 1.82) is 0 Å². The lowest BCUT2D eigenvalue weighted by Gasteiger charge is -2.29. The minimum Gasteiger partial charge on any atom is -0.336 e. The van der Waals surface area contributed by atoms with E-state index in [4.69, 9.17) is 0 Å². The molecule has 0 unspecified atom stereocenters. The lowest BCUT2D eigenvalue weighted by molar-refractivity contribution is 0.0893. The first-order valence-corrected chi connectivity index (χ1v) is 7.14. The van der Waals surface area contributed by atoms with Crippen molar-refractivity contribution in [2.24, 2.45) is 5.41 Å². The zero-order chi connectivity index (χ0) is 16.0. The lowest BCUT2D eigenvalue weighted by atomic mass is 9.93. The van der Waals surface area contributed by atoms with Gasteiger partial charge in [0.2, 0.25) is 0 Å². The second-order valence-corrected chi connectivity index (χ2v) is 6.44. The molecule has 116 valence electrons. The van der Waals surface area contributed by atoms with Gasteiger partial charge in [-0.1, -0.05) is 44.9 Å². The van der Waals surface area contributed by atoms with Gasteiger partial charge in [0.15, 0.2) is 0 Å². The Hall–Kier alpha value is -1.53. The van der Waals surface area contributed by atoms with Crippen LogP contribution in [0, 0.1) is 5.41 Å². The predicted molar refractivity (Wildman–Crippen MR) is 87.3 cm³/mol. The van der Waals surface area contributed by atoms with Gasteiger partial charge in [0.1, 0.15) is 0 Å². The van der Waals surface area contributed by atoms with E-state index in [-0.39, 0.29) is 5.41 Å². The minimum absolute atomic E-state index is 0.0937. The zero-order valence-electron chi connectivity index (χ0n) is 13.0. The molecule has 0 saturated heterocycles. The van der Waals surface area contributed by atoms with Crippen molar-refractivity contribution in [2.45, 2.75) is 13.8 Å². The first kappa shape index (κ1) is 17.5. The number of benzene rings is 1. The van der Waals surface area contributed by atoms with Crippen molar-refractivity contribution in [3.8, 4) is 0 Å². The summed E-state index contributed by atoms with van der Waals surface area (Å²) < 4.78 is 0.807. The third kappa shape index (κ3) is 5.77. The molecule has 3 amide bonds. The average molecular weight is 309 g/mol. The van der Waals surface area contributed by atoms with Crippen LogP contribution >= 0.6 is 12.8 Å². The van der Waals surface area contributed by atoms with Crippen LogP contribution in [0.4, 0.5) is 4.79 Å². The molecule has 5 nitrogen and oxygen atoms in total. The maximum absolute atomic E-state index is 12.1. The van der Waals surface area contributed by atoms with Gasteiger partial charge in [-0.2, -0.15) is 0 Å². The van der Waals surface area contributed by atoms with Crippen LogP contribution in [0.2, 0.25) is 0 Å². The van der Waals surface area contributed by atoms with E-state index in [2.05, 4.69) is 36.9 Å². The van der Waals surface area contributed by atoms with Crippen LogP contribution in [0.15, 0.2) is 30.3 Å². The Morgan fingerprint density at radius 1 is 1.19 bits per heavy atom. The van der Waals surface area contributed by atoms with E-state index in [9.17, 15) is 9.59 Å². The standard InChI is InChI=1S/C15H23N3O2S/c1-15(2,11-17(3)4)10-16-14(20)18(21)13(19)12-8-6-5-7-9-12/h5-9,21H,10-11H2,1-4H3,(H,16,20). The second-order valence-electron chi connectivity index (χ2n) is 6.04. The molecule has 21 heavy (non-hydrogen) atoms. The van der Waals surface area contributed by atoms with Crippen LogP contribution in [0.25, 0.3) is 0 Å². The van der Waals surface area contributed by atoms with E-state index >= 15 is 0 Å². The van der Waals surface area contributed by atoms with Gasteiger partial charge < -0.3 is 10.2 Å². The largest absolute Gasteiger partial charge is 0.336 e. The van der Waals surface area contributed by atoms with Gasteiger partial charge in [0, 0.05) is 18.7 Å². The Kier molecular flexibility index (Phi) is 6.23. The Balaban J connectivity index is 2.57. The van der Waals surface area contributed by atoms with Gasteiger partial charge in [0.05, 0.1) is 0 Å². The average Bonchev–Trinajstić information content (AvgIpc) is 2.43. The summed E-state index contributed by atoms with van der Waals surface area (Å²) in [5.74, 6) is -0.443. The Morgan fingerprint density at radius 3 is 2.29 bits per heavy atom. The molecule has 0 aliphatic rings. The van der Waals surface area contributed by atoms with E-state index in [0.717, 1.165) is 10.8 Å². The van der Waals surface area contributed by atoms with Crippen LogP contribution < -0.4 is 5.32 Å². The number of thiol groups is 1. The number of amides is 3. The van der Waals surface area contributed by atoms with Crippen LogP contribution in [0.5, 0.6) is 0 Å². The number of urea groups is 1. The number of nitrogens with zero attached hydrogens (tertiary/aromatic N) is 2. The summed E-state index contributed by atoms with van der Waals surface area (Å²) in [5, 5.41) is 2.74. The summed E-state index contributed by atoms with van der Waals surface area (Å²) in [6.07, 6.45) is 0. The highest BCUT2D eigenvalue weighted by molar-refractivity contribution is 7.79. The molecule has 0 aliphatic heterocycles. The molecule has 0 saturated carbocycles. The van der Waals surface area contributed by atoms with Gasteiger partial charge in [-0.15, -0.1) is 0 Å². The smallest absolute Gasteiger partial charge is 0.334 e. The summed E-state index contributed by atoms with van der Waals surface area (Å²) in [5.41, 5.74) is 0.332. The molecular formula is C15H23N3O2S. The number of carbonyl (C=O) groups excluding carboxylic acids is 2. The fourth-order valence-corrected chi connectivity index (χ4v) is 2.28. The molecule has 1 N–H and O–H groups in total. The highest BCUT2D eigenvalue weighted by Gasteiger charge is 2.24. The molecule has 0 atom stereocenters. The molecule has 0 spiro atoms. The monoisotopic (exact) mass is 309 g/mol. The summed E-state index contributed by atoms with van der Waals surface area (Å²) in [6.45, 7) is 5.39. The number of carbonyl (C=O) groups is 2. The summed E-state index contributed by atoms with van der Waals surface area (Å²) in [4.78, 5) is 26.1. The lowest BCUT2D eigenvalue weighted by Crippen LogP contribution is -2.44. The van der Waals surface area contributed by atoms with Crippen molar-refractivity contribution in [1.82, 2.24) is 14.5 Å². The number of rotatable bonds is 5. The first-order valence-electron chi connectivity index (χ1n) is 6.74.